The van der Waals surface area contributed by atoms with Crippen molar-refractivity contribution in [3.63, 3.8) is 0 Å². The SMILES string of the molecule is Cc1nc(C)c(CN2CCC3(CCC(=O)N(CCO)C3)CC2)s1. The van der Waals surface area contributed by atoms with Gasteiger partial charge in [0.1, 0.15) is 0 Å². The van der Waals surface area contributed by atoms with Gasteiger partial charge in [-0.1, -0.05) is 0 Å². The van der Waals surface area contributed by atoms with Crippen LogP contribution in [0.1, 0.15) is 41.3 Å². The summed E-state index contributed by atoms with van der Waals surface area (Å²) < 4.78 is 0. The van der Waals surface area contributed by atoms with Gasteiger partial charge in [-0.3, -0.25) is 9.69 Å². The van der Waals surface area contributed by atoms with E-state index in [1.54, 1.807) is 0 Å². The van der Waals surface area contributed by atoms with E-state index >= 15 is 0 Å². The molecule has 128 valence electrons. The fourth-order valence-electron chi connectivity index (χ4n) is 3.94. The number of aliphatic hydroxyl groups excluding tert-OH is 1. The third kappa shape index (κ3) is 3.75. The van der Waals surface area contributed by atoms with Crippen LogP contribution < -0.4 is 0 Å². The van der Waals surface area contributed by atoms with E-state index in [2.05, 4.69) is 23.7 Å². The summed E-state index contributed by atoms with van der Waals surface area (Å²) in [7, 11) is 0. The van der Waals surface area contributed by atoms with Crippen LogP contribution in [0.25, 0.3) is 0 Å². The van der Waals surface area contributed by atoms with Crippen molar-refractivity contribution in [3.8, 4) is 0 Å². The van der Waals surface area contributed by atoms with E-state index in [4.69, 9.17) is 5.11 Å². The topological polar surface area (TPSA) is 56.7 Å². The summed E-state index contributed by atoms with van der Waals surface area (Å²) >= 11 is 1.81. The van der Waals surface area contributed by atoms with Gasteiger partial charge in [0, 0.05) is 30.9 Å². The van der Waals surface area contributed by atoms with Crippen molar-refractivity contribution in [3.05, 3.63) is 15.6 Å². The van der Waals surface area contributed by atoms with E-state index in [0.29, 0.717) is 13.0 Å². The Morgan fingerprint density at radius 3 is 2.61 bits per heavy atom. The minimum Gasteiger partial charge on any atom is -0.395 e. The molecule has 0 aromatic carbocycles. The van der Waals surface area contributed by atoms with Crippen molar-refractivity contribution in [1.29, 1.82) is 0 Å². The highest BCUT2D eigenvalue weighted by Gasteiger charge is 2.40. The molecule has 3 rings (SSSR count). The summed E-state index contributed by atoms with van der Waals surface area (Å²) in [6.45, 7) is 8.76. The number of likely N-dealkylation sites (tertiary alicyclic amines) is 2. The molecule has 0 radical (unpaired) electrons. The zero-order chi connectivity index (χ0) is 16.4. The normalized spacial score (nSPS) is 22.0. The van der Waals surface area contributed by atoms with Crippen LogP contribution in [0.3, 0.4) is 0 Å². The summed E-state index contributed by atoms with van der Waals surface area (Å²) in [6, 6.07) is 0. The van der Waals surface area contributed by atoms with E-state index in [1.165, 1.54) is 10.6 Å². The molecule has 2 aliphatic heterocycles. The number of aliphatic hydroxyl groups is 1. The van der Waals surface area contributed by atoms with Crippen LogP contribution in [0.2, 0.25) is 0 Å². The lowest BCUT2D eigenvalue weighted by Crippen LogP contribution is -2.51. The van der Waals surface area contributed by atoms with Gasteiger partial charge in [-0.2, -0.15) is 0 Å². The van der Waals surface area contributed by atoms with Crippen molar-refractivity contribution >= 4 is 17.2 Å². The first-order valence-corrected chi connectivity index (χ1v) is 9.37. The molecule has 0 aliphatic carbocycles. The lowest BCUT2D eigenvalue weighted by molar-refractivity contribution is -0.139. The first-order chi connectivity index (χ1) is 11.0. The molecule has 0 bridgehead atoms. The van der Waals surface area contributed by atoms with Crippen LogP contribution in [0.5, 0.6) is 0 Å². The van der Waals surface area contributed by atoms with Gasteiger partial charge in [-0.05, 0) is 51.6 Å². The molecule has 3 heterocycles. The zero-order valence-corrected chi connectivity index (χ0v) is 15.0. The van der Waals surface area contributed by atoms with Crippen LogP contribution in [0, 0.1) is 19.3 Å². The smallest absolute Gasteiger partial charge is 0.222 e. The van der Waals surface area contributed by atoms with Crippen LogP contribution >= 0.6 is 11.3 Å². The van der Waals surface area contributed by atoms with Crippen molar-refractivity contribution < 1.29 is 9.90 Å². The van der Waals surface area contributed by atoms with E-state index in [1.807, 2.05) is 16.2 Å². The molecule has 1 spiro atoms. The average Bonchev–Trinajstić information content (AvgIpc) is 2.84. The Bertz CT molecular complexity index is 564. The van der Waals surface area contributed by atoms with Gasteiger partial charge >= 0.3 is 0 Å². The highest BCUT2D eigenvalue weighted by Crippen LogP contribution is 2.40. The fraction of sp³-hybridized carbons (Fsp3) is 0.765. The Labute approximate surface area is 142 Å². The molecular weight excluding hydrogens is 310 g/mol. The predicted octanol–water partition coefficient (Wildman–Crippen LogP) is 1.96. The minimum absolute atomic E-state index is 0.0674. The quantitative estimate of drug-likeness (QED) is 0.912. The standard InChI is InChI=1S/C17H27N3O2S/c1-13-15(23-14(2)18-13)11-19-7-5-17(6-8-19)4-3-16(22)20(12-17)9-10-21/h21H,3-12H2,1-2H3. The van der Waals surface area contributed by atoms with Gasteiger partial charge in [-0.25, -0.2) is 4.98 Å². The number of thiazole rings is 1. The Morgan fingerprint density at radius 2 is 2.00 bits per heavy atom. The number of aryl methyl sites for hydroxylation is 2. The molecule has 5 nitrogen and oxygen atoms in total. The number of aromatic nitrogens is 1. The monoisotopic (exact) mass is 337 g/mol. The van der Waals surface area contributed by atoms with E-state index in [-0.39, 0.29) is 17.9 Å². The fourth-order valence-corrected chi connectivity index (χ4v) is 4.92. The Morgan fingerprint density at radius 1 is 1.26 bits per heavy atom. The molecular formula is C17H27N3O2S. The second-order valence-electron chi connectivity index (χ2n) is 7.06. The van der Waals surface area contributed by atoms with Crippen LogP contribution in [-0.4, -0.2) is 58.6 Å². The number of rotatable bonds is 4. The lowest BCUT2D eigenvalue weighted by Gasteiger charge is -2.47. The van der Waals surface area contributed by atoms with Gasteiger partial charge in [0.2, 0.25) is 5.91 Å². The maximum atomic E-state index is 12.0. The molecule has 1 aromatic heterocycles. The van der Waals surface area contributed by atoms with Crippen molar-refractivity contribution in [2.75, 3.05) is 32.8 Å². The molecule has 1 aromatic rings. The highest BCUT2D eigenvalue weighted by atomic mass is 32.1. The number of nitrogens with zero attached hydrogens (tertiary/aromatic N) is 3. The Hall–Kier alpha value is -0.980. The minimum atomic E-state index is 0.0674. The van der Waals surface area contributed by atoms with E-state index in [9.17, 15) is 4.79 Å². The zero-order valence-electron chi connectivity index (χ0n) is 14.2. The molecule has 2 saturated heterocycles. The van der Waals surface area contributed by atoms with Crippen molar-refractivity contribution in [1.82, 2.24) is 14.8 Å². The Balaban J connectivity index is 1.57. The number of amides is 1. The number of carbonyl (C=O) groups excluding carboxylic acids is 1. The maximum absolute atomic E-state index is 12.0. The van der Waals surface area contributed by atoms with Gasteiger partial charge in [0.25, 0.3) is 0 Å². The number of hydrogen-bond donors (Lipinski definition) is 1. The molecule has 23 heavy (non-hydrogen) atoms. The highest BCUT2D eigenvalue weighted by molar-refractivity contribution is 7.11. The van der Waals surface area contributed by atoms with Crippen molar-refractivity contribution in [2.24, 2.45) is 5.41 Å². The molecule has 0 atom stereocenters. The van der Waals surface area contributed by atoms with Crippen molar-refractivity contribution in [2.45, 2.75) is 46.1 Å². The predicted molar refractivity (Wildman–Crippen MR) is 91.4 cm³/mol. The van der Waals surface area contributed by atoms with Crippen LogP contribution in [0.4, 0.5) is 0 Å². The first-order valence-electron chi connectivity index (χ1n) is 8.55. The number of piperidine rings is 2. The summed E-state index contributed by atoms with van der Waals surface area (Å²) in [4.78, 5) is 22.3. The number of carbonyl (C=O) groups is 1. The van der Waals surface area contributed by atoms with Gasteiger partial charge in [0.05, 0.1) is 17.3 Å². The first kappa shape index (κ1) is 16.9. The largest absolute Gasteiger partial charge is 0.395 e. The van der Waals surface area contributed by atoms with Crippen LogP contribution in [-0.2, 0) is 11.3 Å². The van der Waals surface area contributed by atoms with Gasteiger partial charge < -0.3 is 10.0 Å². The lowest BCUT2D eigenvalue weighted by atomic mass is 9.72. The second-order valence-corrected chi connectivity index (χ2v) is 8.34. The van der Waals surface area contributed by atoms with Crippen LogP contribution in [0.15, 0.2) is 0 Å². The van der Waals surface area contributed by atoms with Gasteiger partial charge in [-0.15, -0.1) is 11.3 Å². The van der Waals surface area contributed by atoms with E-state index in [0.717, 1.165) is 50.4 Å². The molecule has 6 heteroatoms. The van der Waals surface area contributed by atoms with Gasteiger partial charge in [0.15, 0.2) is 0 Å². The maximum Gasteiger partial charge on any atom is 0.222 e. The average molecular weight is 337 g/mol. The third-order valence-electron chi connectivity index (χ3n) is 5.40. The molecule has 0 unspecified atom stereocenters. The number of β-amino-alcohol motifs (C(OH)–C–C–N with tert-alkyl or cyclic N) is 1. The summed E-state index contributed by atoms with van der Waals surface area (Å²) in [5.41, 5.74) is 1.45. The van der Waals surface area contributed by atoms with E-state index < -0.39 is 0 Å². The molecule has 1 N–H and O–H groups in total. The Kier molecular flexibility index (Phi) is 5.04. The molecule has 0 saturated carbocycles. The molecule has 2 fully saturated rings. The summed E-state index contributed by atoms with van der Waals surface area (Å²) in [6.07, 6.45) is 3.96. The second kappa shape index (κ2) is 6.87. The number of hydrogen-bond acceptors (Lipinski definition) is 5. The molecule has 2 aliphatic rings. The third-order valence-corrected chi connectivity index (χ3v) is 6.46. The summed E-state index contributed by atoms with van der Waals surface area (Å²) in [5, 5.41) is 10.3. The summed E-state index contributed by atoms with van der Waals surface area (Å²) in [5.74, 6) is 0.211. The molecule has 1 amide bonds.